The maximum absolute atomic E-state index is 5.65. The fourth-order valence-corrected chi connectivity index (χ4v) is 3.20. The van der Waals surface area contributed by atoms with E-state index in [1.165, 1.54) is 5.56 Å². The van der Waals surface area contributed by atoms with Crippen molar-refractivity contribution < 1.29 is 0 Å². The SMILES string of the molecule is CN(C)c1nnc(SCCc2ccc(N)cc2)s1. The van der Waals surface area contributed by atoms with Gasteiger partial charge in [0.05, 0.1) is 0 Å². The molecule has 0 unspecified atom stereocenters. The molecule has 4 nitrogen and oxygen atoms in total. The summed E-state index contributed by atoms with van der Waals surface area (Å²) in [6.07, 6.45) is 1.02. The van der Waals surface area contributed by atoms with Crippen molar-refractivity contribution in [3.63, 3.8) is 0 Å². The number of nitrogens with two attached hydrogens (primary N) is 1. The summed E-state index contributed by atoms with van der Waals surface area (Å²) in [6, 6.07) is 8.02. The monoisotopic (exact) mass is 280 g/mol. The Kier molecular flexibility index (Phi) is 4.43. The third-order valence-corrected chi connectivity index (χ3v) is 4.60. The summed E-state index contributed by atoms with van der Waals surface area (Å²) in [5.41, 5.74) is 7.76. The Morgan fingerprint density at radius 1 is 1.22 bits per heavy atom. The second-order valence-electron chi connectivity index (χ2n) is 4.09. The Labute approximate surface area is 115 Å². The molecule has 0 saturated heterocycles. The number of hydrogen-bond donors (Lipinski definition) is 1. The first-order valence-electron chi connectivity index (χ1n) is 5.63. The molecule has 6 heteroatoms. The predicted molar refractivity (Wildman–Crippen MR) is 79.5 cm³/mol. The van der Waals surface area contributed by atoms with Crippen LogP contribution in [0.25, 0.3) is 0 Å². The van der Waals surface area contributed by atoms with Crippen LogP contribution in [-0.4, -0.2) is 30.0 Å². The quantitative estimate of drug-likeness (QED) is 0.674. The topological polar surface area (TPSA) is 55.0 Å². The Morgan fingerprint density at radius 2 is 1.94 bits per heavy atom. The van der Waals surface area contributed by atoms with E-state index in [1.807, 2.05) is 31.1 Å². The van der Waals surface area contributed by atoms with E-state index >= 15 is 0 Å². The summed E-state index contributed by atoms with van der Waals surface area (Å²) in [5, 5.41) is 9.21. The average Bonchev–Trinajstić information content (AvgIpc) is 2.81. The predicted octanol–water partition coefficient (Wildman–Crippen LogP) is 2.52. The molecule has 0 radical (unpaired) electrons. The van der Waals surface area contributed by atoms with E-state index in [0.717, 1.165) is 27.3 Å². The summed E-state index contributed by atoms with van der Waals surface area (Å²) in [5.74, 6) is 1.01. The lowest BCUT2D eigenvalue weighted by molar-refractivity contribution is 0.971. The fraction of sp³-hybridized carbons (Fsp3) is 0.333. The minimum absolute atomic E-state index is 0.811. The molecule has 0 aliphatic heterocycles. The number of aryl methyl sites for hydroxylation is 1. The molecular formula is C12H16N4S2. The number of benzene rings is 1. The number of anilines is 2. The molecular weight excluding hydrogens is 264 g/mol. The van der Waals surface area contributed by atoms with Crippen LogP contribution in [0.5, 0.6) is 0 Å². The van der Waals surface area contributed by atoms with Gasteiger partial charge in [0, 0.05) is 25.5 Å². The molecule has 0 atom stereocenters. The van der Waals surface area contributed by atoms with E-state index in [0.29, 0.717) is 0 Å². The Bertz CT molecular complexity index is 493. The van der Waals surface area contributed by atoms with Crippen molar-refractivity contribution in [3.05, 3.63) is 29.8 Å². The Morgan fingerprint density at radius 3 is 2.56 bits per heavy atom. The summed E-state index contributed by atoms with van der Waals surface area (Å²) in [7, 11) is 3.95. The molecule has 0 spiro atoms. The summed E-state index contributed by atoms with van der Waals surface area (Å²) >= 11 is 3.37. The van der Waals surface area contributed by atoms with Crippen molar-refractivity contribution in [1.29, 1.82) is 0 Å². The molecule has 1 aromatic carbocycles. The third-order valence-electron chi connectivity index (χ3n) is 2.37. The molecule has 1 aromatic heterocycles. The van der Waals surface area contributed by atoms with Gasteiger partial charge in [-0.25, -0.2) is 0 Å². The van der Waals surface area contributed by atoms with Gasteiger partial charge in [0.1, 0.15) is 0 Å². The van der Waals surface area contributed by atoms with Crippen LogP contribution in [0.3, 0.4) is 0 Å². The minimum atomic E-state index is 0.811. The Hall–Kier alpha value is -1.27. The van der Waals surface area contributed by atoms with E-state index in [4.69, 9.17) is 5.73 Å². The van der Waals surface area contributed by atoms with Crippen molar-refractivity contribution in [2.75, 3.05) is 30.5 Å². The van der Waals surface area contributed by atoms with Gasteiger partial charge in [-0.2, -0.15) is 0 Å². The molecule has 96 valence electrons. The molecule has 2 aromatic rings. The first-order chi connectivity index (χ1) is 8.65. The number of rotatable bonds is 5. The summed E-state index contributed by atoms with van der Waals surface area (Å²) in [6.45, 7) is 0. The molecule has 0 bridgehead atoms. The largest absolute Gasteiger partial charge is 0.399 e. The van der Waals surface area contributed by atoms with Gasteiger partial charge in [-0.15, -0.1) is 10.2 Å². The van der Waals surface area contributed by atoms with E-state index in [2.05, 4.69) is 22.3 Å². The molecule has 0 saturated carbocycles. The van der Waals surface area contributed by atoms with Crippen LogP contribution >= 0.6 is 23.1 Å². The van der Waals surface area contributed by atoms with E-state index in [-0.39, 0.29) is 0 Å². The van der Waals surface area contributed by atoms with Crippen LogP contribution in [0, 0.1) is 0 Å². The number of thioether (sulfide) groups is 1. The second-order valence-corrected chi connectivity index (χ2v) is 6.38. The highest BCUT2D eigenvalue weighted by atomic mass is 32.2. The van der Waals surface area contributed by atoms with Gasteiger partial charge in [-0.05, 0) is 24.1 Å². The van der Waals surface area contributed by atoms with Gasteiger partial charge < -0.3 is 10.6 Å². The zero-order valence-electron chi connectivity index (χ0n) is 10.5. The fourth-order valence-electron chi connectivity index (χ4n) is 1.38. The zero-order valence-corrected chi connectivity index (χ0v) is 12.1. The lowest BCUT2D eigenvalue weighted by Crippen LogP contribution is -2.07. The Balaban J connectivity index is 1.82. The van der Waals surface area contributed by atoms with Gasteiger partial charge in [0.25, 0.3) is 0 Å². The molecule has 0 fully saturated rings. The van der Waals surface area contributed by atoms with E-state index in [1.54, 1.807) is 23.1 Å². The van der Waals surface area contributed by atoms with Crippen molar-refractivity contribution >= 4 is 33.9 Å². The lowest BCUT2D eigenvalue weighted by Gasteiger charge is -2.03. The molecule has 2 rings (SSSR count). The maximum Gasteiger partial charge on any atom is 0.208 e. The molecule has 0 aliphatic rings. The van der Waals surface area contributed by atoms with Crippen LogP contribution in [0.1, 0.15) is 5.56 Å². The zero-order chi connectivity index (χ0) is 13.0. The summed E-state index contributed by atoms with van der Waals surface area (Å²) < 4.78 is 1.02. The number of nitrogen functional groups attached to an aromatic ring is 1. The standard InChI is InChI=1S/C12H16N4S2/c1-16(2)11-14-15-12(18-11)17-8-7-9-3-5-10(13)6-4-9/h3-6H,7-8,13H2,1-2H3. The van der Waals surface area contributed by atoms with Crippen LogP contribution in [0.15, 0.2) is 28.6 Å². The van der Waals surface area contributed by atoms with Crippen LogP contribution < -0.4 is 10.6 Å². The average molecular weight is 280 g/mol. The van der Waals surface area contributed by atoms with Crippen LogP contribution in [0.2, 0.25) is 0 Å². The van der Waals surface area contributed by atoms with Crippen molar-refractivity contribution in [2.45, 2.75) is 10.8 Å². The molecule has 0 aliphatic carbocycles. The van der Waals surface area contributed by atoms with Gasteiger partial charge in [0.2, 0.25) is 5.13 Å². The highest BCUT2D eigenvalue weighted by Gasteiger charge is 2.05. The second kappa shape index (κ2) is 6.06. The van der Waals surface area contributed by atoms with Crippen molar-refractivity contribution in [2.24, 2.45) is 0 Å². The molecule has 2 N–H and O–H groups in total. The smallest absolute Gasteiger partial charge is 0.208 e. The highest BCUT2D eigenvalue weighted by Crippen LogP contribution is 2.27. The normalized spacial score (nSPS) is 10.6. The highest BCUT2D eigenvalue weighted by molar-refractivity contribution is 8.01. The molecule has 0 amide bonds. The van der Waals surface area contributed by atoms with Gasteiger partial charge in [0.15, 0.2) is 4.34 Å². The van der Waals surface area contributed by atoms with Gasteiger partial charge in [-0.1, -0.05) is 35.2 Å². The molecule has 18 heavy (non-hydrogen) atoms. The third kappa shape index (κ3) is 3.61. The van der Waals surface area contributed by atoms with Crippen LogP contribution in [0.4, 0.5) is 10.8 Å². The van der Waals surface area contributed by atoms with Crippen molar-refractivity contribution in [3.8, 4) is 0 Å². The lowest BCUT2D eigenvalue weighted by atomic mass is 10.2. The number of nitrogens with zero attached hydrogens (tertiary/aromatic N) is 3. The molecule has 1 heterocycles. The van der Waals surface area contributed by atoms with Crippen molar-refractivity contribution in [1.82, 2.24) is 10.2 Å². The first kappa shape index (κ1) is 13.2. The van der Waals surface area contributed by atoms with Gasteiger partial charge in [-0.3, -0.25) is 0 Å². The first-order valence-corrected chi connectivity index (χ1v) is 7.43. The summed E-state index contributed by atoms with van der Waals surface area (Å²) in [4.78, 5) is 1.97. The van der Waals surface area contributed by atoms with Gasteiger partial charge >= 0.3 is 0 Å². The number of aromatic nitrogens is 2. The maximum atomic E-state index is 5.65. The minimum Gasteiger partial charge on any atom is -0.399 e. The number of hydrogen-bond acceptors (Lipinski definition) is 6. The van der Waals surface area contributed by atoms with E-state index < -0.39 is 0 Å². The van der Waals surface area contributed by atoms with Crippen LogP contribution in [-0.2, 0) is 6.42 Å². The van der Waals surface area contributed by atoms with E-state index in [9.17, 15) is 0 Å².